The molecule has 0 radical (unpaired) electrons. The maximum atomic E-state index is 11.8. The third-order valence-electron chi connectivity index (χ3n) is 3.61. The molecule has 0 aliphatic heterocycles. The molecule has 0 unspecified atom stereocenters. The largest absolute Gasteiger partial charge is 0.482 e. The molecule has 2 aromatic rings. The van der Waals surface area contributed by atoms with Crippen molar-refractivity contribution in [1.82, 2.24) is 0 Å². The molecule has 0 aliphatic rings. The van der Waals surface area contributed by atoms with Crippen LogP contribution in [0.5, 0.6) is 11.5 Å². The molecule has 3 nitrogen and oxygen atoms in total. The van der Waals surface area contributed by atoms with E-state index in [1.807, 2.05) is 56.3 Å². The van der Waals surface area contributed by atoms with Gasteiger partial charge in [-0.15, -0.1) is 0 Å². The highest BCUT2D eigenvalue weighted by Crippen LogP contribution is 2.19. The summed E-state index contributed by atoms with van der Waals surface area (Å²) in [5.41, 5.74) is 3.54. The molecule has 0 heterocycles. The number of carbonyl (C=O) groups is 1. The number of esters is 1. The van der Waals surface area contributed by atoms with Crippen molar-refractivity contribution in [2.45, 2.75) is 33.6 Å². The van der Waals surface area contributed by atoms with Gasteiger partial charge in [-0.25, -0.2) is 4.79 Å². The highest BCUT2D eigenvalue weighted by Gasteiger charge is 2.07. The van der Waals surface area contributed by atoms with Crippen molar-refractivity contribution in [1.29, 1.82) is 0 Å². The van der Waals surface area contributed by atoms with Crippen LogP contribution in [0.1, 0.15) is 36.5 Å². The Hall–Kier alpha value is -2.29. The second-order valence-corrected chi connectivity index (χ2v) is 5.73. The van der Waals surface area contributed by atoms with Crippen LogP contribution in [-0.2, 0) is 4.79 Å². The highest BCUT2D eigenvalue weighted by molar-refractivity contribution is 5.74. The molecule has 0 N–H and O–H groups in total. The van der Waals surface area contributed by atoms with Crippen molar-refractivity contribution in [3.8, 4) is 11.5 Å². The van der Waals surface area contributed by atoms with Crippen LogP contribution in [-0.4, -0.2) is 12.6 Å². The van der Waals surface area contributed by atoms with Crippen LogP contribution >= 0.6 is 0 Å². The van der Waals surface area contributed by atoms with Gasteiger partial charge in [0.05, 0.1) is 0 Å². The summed E-state index contributed by atoms with van der Waals surface area (Å²) in [5, 5.41) is 0. The lowest BCUT2D eigenvalue weighted by Gasteiger charge is -2.09. The van der Waals surface area contributed by atoms with Gasteiger partial charge in [-0.3, -0.25) is 0 Å². The fraction of sp³-hybridized carbons (Fsp3) is 0.316. The summed E-state index contributed by atoms with van der Waals surface area (Å²) in [6, 6.07) is 13.3. The van der Waals surface area contributed by atoms with E-state index in [0.29, 0.717) is 17.4 Å². The summed E-state index contributed by atoms with van der Waals surface area (Å²) < 4.78 is 10.7. The van der Waals surface area contributed by atoms with Gasteiger partial charge in [0.1, 0.15) is 11.5 Å². The molecule has 3 heteroatoms. The number of aryl methyl sites for hydroxylation is 2. The average molecular weight is 298 g/mol. The lowest BCUT2D eigenvalue weighted by molar-refractivity contribution is -0.136. The van der Waals surface area contributed by atoms with E-state index in [4.69, 9.17) is 9.47 Å². The minimum absolute atomic E-state index is 0.103. The van der Waals surface area contributed by atoms with Gasteiger partial charge in [-0.2, -0.15) is 0 Å². The Balaban J connectivity index is 1.88. The predicted octanol–water partition coefficient (Wildman–Crippen LogP) is 4.41. The van der Waals surface area contributed by atoms with Gasteiger partial charge in [-0.05, 0) is 60.7 Å². The number of hydrogen-bond donors (Lipinski definition) is 0. The van der Waals surface area contributed by atoms with Gasteiger partial charge in [0.25, 0.3) is 0 Å². The number of rotatable bonds is 5. The van der Waals surface area contributed by atoms with Crippen LogP contribution in [0.4, 0.5) is 0 Å². The Morgan fingerprint density at radius 3 is 2.18 bits per heavy atom. The molecular formula is C19H22O3. The van der Waals surface area contributed by atoms with Crippen LogP contribution in [0.2, 0.25) is 0 Å². The maximum absolute atomic E-state index is 11.8. The first-order chi connectivity index (χ1) is 10.5. The second kappa shape index (κ2) is 7.12. The normalized spacial score (nSPS) is 10.6. The van der Waals surface area contributed by atoms with Gasteiger partial charge in [0.2, 0.25) is 0 Å². The Labute approximate surface area is 131 Å². The quantitative estimate of drug-likeness (QED) is 0.606. The first kappa shape index (κ1) is 16.1. The molecule has 0 atom stereocenters. The van der Waals surface area contributed by atoms with Crippen molar-refractivity contribution < 1.29 is 14.3 Å². The fourth-order valence-corrected chi connectivity index (χ4v) is 2.03. The summed E-state index contributed by atoms with van der Waals surface area (Å²) in [7, 11) is 0. The topological polar surface area (TPSA) is 35.5 Å². The lowest BCUT2D eigenvalue weighted by atomic mass is 10.0. The van der Waals surface area contributed by atoms with Crippen LogP contribution in [0.15, 0.2) is 42.5 Å². The first-order valence-electron chi connectivity index (χ1n) is 7.46. The fourth-order valence-electron chi connectivity index (χ4n) is 2.03. The van der Waals surface area contributed by atoms with Crippen molar-refractivity contribution in [3.05, 3.63) is 59.2 Å². The van der Waals surface area contributed by atoms with E-state index in [2.05, 4.69) is 13.8 Å². The summed E-state index contributed by atoms with van der Waals surface area (Å²) in [5.74, 6) is 1.27. The van der Waals surface area contributed by atoms with E-state index in [9.17, 15) is 4.79 Å². The van der Waals surface area contributed by atoms with E-state index < -0.39 is 5.97 Å². The number of ether oxygens (including phenoxy) is 2. The van der Waals surface area contributed by atoms with Crippen LogP contribution < -0.4 is 9.47 Å². The second-order valence-electron chi connectivity index (χ2n) is 5.73. The Morgan fingerprint density at radius 1 is 0.955 bits per heavy atom. The van der Waals surface area contributed by atoms with Crippen molar-refractivity contribution in [3.63, 3.8) is 0 Å². The Bertz CT molecular complexity index is 642. The highest BCUT2D eigenvalue weighted by atomic mass is 16.6. The van der Waals surface area contributed by atoms with E-state index in [-0.39, 0.29) is 6.61 Å². The van der Waals surface area contributed by atoms with E-state index in [0.717, 1.165) is 5.56 Å². The van der Waals surface area contributed by atoms with Crippen molar-refractivity contribution >= 4 is 5.97 Å². The molecule has 0 fully saturated rings. The summed E-state index contributed by atoms with van der Waals surface area (Å²) in [6.45, 7) is 8.19. The van der Waals surface area contributed by atoms with Crippen molar-refractivity contribution in [2.75, 3.05) is 6.61 Å². The van der Waals surface area contributed by atoms with Gasteiger partial charge >= 0.3 is 5.97 Å². The molecule has 0 aliphatic carbocycles. The monoisotopic (exact) mass is 298 g/mol. The molecule has 22 heavy (non-hydrogen) atoms. The average Bonchev–Trinajstić information content (AvgIpc) is 2.49. The molecular weight excluding hydrogens is 276 g/mol. The molecule has 0 aromatic heterocycles. The molecule has 0 saturated carbocycles. The first-order valence-corrected chi connectivity index (χ1v) is 7.46. The number of benzene rings is 2. The molecule has 0 spiro atoms. The Kier molecular flexibility index (Phi) is 5.21. The van der Waals surface area contributed by atoms with Crippen LogP contribution in [0.25, 0.3) is 0 Å². The van der Waals surface area contributed by atoms with Crippen molar-refractivity contribution in [2.24, 2.45) is 0 Å². The zero-order chi connectivity index (χ0) is 16.1. The Morgan fingerprint density at radius 2 is 1.59 bits per heavy atom. The maximum Gasteiger partial charge on any atom is 0.349 e. The van der Waals surface area contributed by atoms with Crippen LogP contribution in [0, 0.1) is 13.8 Å². The number of hydrogen-bond acceptors (Lipinski definition) is 3. The van der Waals surface area contributed by atoms with E-state index >= 15 is 0 Å². The molecule has 116 valence electrons. The zero-order valence-electron chi connectivity index (χ0n) is 13.6. The zero-order valence-corrected chi connectivity index (χ0v) is 13.6. The smallest absolute Gasteiger partial charge is 0.349 e. The SMILES string of the molecule is Cc1ccc(OCC(=O)Oc2ccc(C(C)C)cc2)cc1C. The van der Waals surface area contributed by atoms with Gasteiger partial charge in [0.15, 0.2) is 6.61 Å². The van der Waals surface area contributed by atoms with E-state index in [1.165, 1.54) is 11.1 Å². The predicted molar refractivity (Wildman–Crippen MR) is 87.6 cm³/mol. The molecule has 0 bridgehead atoms. The third-order valence-corrected chi connectivity index (χ3v) is 3.61. The van der Waals surface area contributed by atoms with Gasteiger partial charge < -0.3 is 9.47 Å². The number of carbonyl (C=O) groups excluding carboxylic acids is 1. The molecule has 0 saturated heterocycles. The van der Waals surface area contributed by atoms with E-state index in [1.54, 1.807) is 0 Å². The molecule has 2 rings (SSSR count). The van der Waals surface area contributed by atoms with Gasteiger partial charge in [-0.1, -0.05) is 32.0 Å². The minimum Gasteiger partial charge on any atom is -0.482 e. The summed E-state index contributed by atoms with van der Waals surface area (Å²) >= 11 is 0. The van der Waals surface area contributed by atoms with Gasteiger partial charge in [0, 0.05) is 0 Å². The standard InChI is InChI=1S/C19H22O3/c1-13(2)16-6-9-17(10-7-16)22-19(20)12-21-18-8-5-14(3)15(4)11-18/h5-11,13H,12H2,1-4H3. The molecule has 2 aromatic carbocycles. The minimum atomic E-state index is -0.407. The third kappa shape index (κ3) is 4.35. The lowest BCUT2D eigenvalue weighted by Crippen LogP contribution is -2.17. The molecule has 0 amide bonds. The summed E-state index contributed by atoms with van der Waals surface area (Å²) in [6.07, 6.45) is 0. The summed E-state index contributed by atoms with van der Waals surface area (Å²) in [4.78, 5) is 11.8. The van der Waals surface area contributed by atoms with Crippen LogP contribution in [0.3, 0.4) is 0 Å².